The van der Waals surface area contributed by atoms with Crippen molar-refractivity contribution in [2.45, 2.75) is 24.0 Å². The Labute approximate surface area is 100 Å². The Kier molecular flexibility index (Phi) is 5.95. The summed E-state index contributed by atoms with van der Waals surface area (Å²) < 4.78 is 9.69. The lowest BCUT2D eigenvalue weighted by molar-refractivity contribution is -0.112. The molecule has 2 aliphatic heterocycles. The van der Waals surface area contributed by atoms with Crippen LogP contribution in [0.3, 0.4) is 0 Å². The van der Waals surface area contributed by atoms with Gasteiger partial charge in [-0.1, -0.05) is 12.2 Å². The minimum atomic E-state index is -0.457. The van der Waals surface area contributed by atoms with E-state index < -0.39 is 11.2 Å². The fourth-order valence-electron chi connectivity index (χ4n) is 1.14. The highest BCUT2D eigenvalue weighted by Gasteiger charge is 2.43. The molecular weight excluding hydrogens is 224 g/mol. The van der Waals surface area contributed by atoms with Crippen molar-refractivity contribution in [3.8, 4) is 0 Å². The fourth-order valence-corrected chi connectivity index (χ4v) is 1.14. The van der Waals surface area contributed by atoms with E-state index in [9.17, 15) is 9.59 Å². The molecule has 0 aromatic carbocycles. The zero-order chi connectivity index (χ0) is 12.1. The summed E-state index contributed by atoms with van der Waals surface area (Å²) in [5.41, 5.74) is -0.913. The molecule has 0 spiro atoms. The van der Waals surface area contributed by atoms with Crippen LogP contribution in [0.2, 0.25) is 0 Å². The largest absolute Gasteiger partial charge is 0.412 e. The molecule has 0 aromatic rings. The number of epoxide rings is 2. The van der Waals surface area contributed by atoms with Gasteiger partial charge in [0.2, 0.25) is 0 Å². The van der Waals surface area contributed by atoms with E-state index in [0.29, 0.717) is 26.1 Å². The topological polar surface area (TPSA) is 90.7 Å². The molecule has 96 valence electrons. The molecule has 2 saturated heterocycles. The Morgan fingerprint density at radius 2 is 1.24 bits per heavy atom. The average molecular weight is 242 g/mol. The summed E-state index contributed by atoms with van der Waals surface area (Å²) in [6, 6.07) is 0. The number of ether oxygens (including phenoxy) is 2. The number of aldehydes is 2. The van der Waals surface area contributed by atoms with Crippen LogP contribution in [0.4, 0.5) is 0 Å². The Balaban J connectivity index is 0.000000284. The van der Waals surface area contributed by atoms with E-state index in [1.165, 1.54) is 0 Å². The molecule has 2 N–H and O–H groups in total. The first-order valence-electron chi connectivity index (χ1n) is 5.08. The summed E-state index contributed by atoms with van der Waals surface area (Å²) in [4.78, 5) is 20.2. The summed E-state index contributed by atoms with van der Waals surface area (Å²) in [6.07, 6.45) is 6.37. The van der Waals surface area contributed by atoms with Crippen LogP contribution in [-0.2, 0) is 19.1 Å². The maximum atomic E-state index is 10.1. The van der Waals surface area contributed by atoms with Gasteiger partial charge in [0.1, 0.15) is 11.2 Å². The van der Waals surface area contributed by atoms with Crippen LogP contribution < -0.4 is 0 Å². The molecule has 2 atom stereocenters. The SMILES string of the molecule is C=CCC1(C=O)CO1.C=CCC1(C=O)CO1.O. The molecular formula is C12H18O5. The minimum Gasteiger partial charge on any atom is -0.412 e. The van der Waals surface area contributed by atoms with Crippen LogP contribution in [0.5, 0.6) is 0 Å². The van der Waals surface area contributed by atoms with Crippen LogP contribution in [0.15, 0.2) is 25.3 Å². The minimum absolute atomic E-state index is 0. The van der Waals surface area contributed by atoms with E-state index in [-0.39, 0.29) is 5.48 Å². The lowest BCUT2D eigenvalue weighted by Gasteiger charge is -1.92. The molecule has 0 amide bonds. The van der Waals surface area contributed by atoms with E-state index in [2.05, 4.69) is 13.2 Å². The molecule has 2 unspecified atom stereocenters. The maximum absolute atomic E-state index is 10.1. The monoisotopic (exact) mass is 242 g/mol. The molecule has 5 nitrogen and oxygen atoms in total. The molecule has 2 fully saturated rings. The smallest absolute Gasteiger partial charge is 0.154 e. The third-order valence-corrected chi connectivity index (χ3v) is 2.44. The van der Waals surface area contributed by atoms with E-state index in [1.54, 1.807) is 12.2 Å². The summed E-state index contributed by atoms with van der Waals surface area (Å²) in [6.45, 7) is 8.13. The molecule has 2 rings (SSSR count). The van der Waals surface area contributed by atoms with Crippen molar-refractivity contribution in [2.75, 3.05) is 13.2 Å². The standard InChI is InChI=1S/2C6H8O2.H2O/c2*1-2-3-6(4-7)5-8-6;/h2*2,4H,1,3,5H2;1H2. The number of hydrogen-bond acceptors (Lipinski definition) is 4. The molecule has 0 aliphatic carbocycles. The van der Waals surface area contributed by atoms with Gasteiger partial charge in [0, 0.05) is 12.8 Å². The molecule has 5 heteroatoms. The zero-order valence-corrected chi connectivity index (χ0v) is 9.69. The average Bonchev–Trinajstić information content (AvgIpc) is 3.18. The summed E-state index contributed by atoms with van der Waals surface area (Å²) in [5, 5.41) is 0. The highest BCUT2D eigenvalue weighted by molar-refractivity contribution is 5.66. The fraction of sp³-hybridized carbons (Fsp3) is 0.500. The van der Waals surface area contributed by atoms with Crippen LogP contribution >= 0.6 is 0 Å². The van der Waals surface area contributed by atoms with E-state index in [1.807, 2.05) is 0 Å². The van der Waals surface area contributed by atoms with Gasteiger partial charge >= 0.3 is 0 Å². The van der Waals surface area contributed by atoms with Gasteiger partial charge in [-0.15, -0.1) is 13.2 Å². The normalized spacial score (nSPS) is 32.0. The van der Waals surface area contributed by atoms with E-state index in [4.69, 9.17) is 9.47 Å². The van der Waals surface area contributed by atoms with Gasteiger partial charge in [-0.05, 0) is 0 Å². The van der Waals surface area contributed by atoms with Gasteiger partial charge < -0.3 is 24.5 Å². The predicted molar refractivity (Wildman–Crippen MR) is 62.7 cm³/mol. The number of hydrogen-bond donors (Lipinski definition) is 0. The second-order valence-electron chi connectivity index (χ2n) is 3.93. The molecule has 0 radical (unpaired) electrons. The van der Waals surface area contributed by atoms with Crippen LogP contribution in [0.1, 0.15) is 12.8 Å². The van der Waals surface area contributed by atoms with Gasteiger partial charge in [0.15, 0.2) is 12.6 Å². The Morgan fingerprint density at radius 3 is 1.29 bits per heavy atom. The first-order chi connectivity index (χ1) is 7.66. The highest BCUT2D eigenvalue weighted by atomic mass is 16.6. The third kappa shape index (κ3) is 4.60. The predicted octanol–water partition coefficient (Wildman–Crippen LogP) is 0.236. The molecule has 2 aliphatic rings. The molecule has 2 heterocycles. The first-order valence-corrected chi connectivity index (χ1v) is 5.08. The van der Waals surface area contributed by atoms with Crippen molar-refractivity contribution in [3.05, 3.63) is 25.3 Å². The molecule has 0 aromatic heterocycles. The molecule has 0 saturated carbocycles. The lowest BCUT2D eigenvalue weighted by Crippen LogP contribution is -2.09. The summed E-state index contributed by atoms with van der Waals surface area (Å²) in [5.74, 6) is 0. The van der Waals surface area contributed by atoms with Crippen LogP contribution in [0, 0.1) is 0 Å². The van der Waals surface area contributed by atoms with Crippen molar-refractivity contribution in [1.82, 2.24) is 0 Å². The van der Waals surface area contributed by atoms with Gasteiger partial charge in [-0.25, -0.2) is 0 Å². The van der Waals surface area contributed by atoms with Crippen molar-refractivity contribution in [1.29, 1.82) is 0 Å². The quantitative estimate of drug-likeness (QED) is 0.379. The third-order valence-electron chi connectivity index (χ3n) is 2.44. The van der Waals surface area contributed by atoms with Gasteiger partial charge in [0.25, 0.3) is 0 Å². The van der Waals surface area contributed by atoms with E-state index >= 15 is 0 Å². The second-order valence-corrected chi connectivity index (χ2v) is 3.93. The summed E-state index contributed by atoms with van der Waals surface area (Å²) in [7, 11) is 0. The highest BCUT2D eigenvalue weighted by Crippen LogP contribution is 2.28. The Morgan fingerprint density at radius 1 is 0.941 bits per heavy atom. The van der Waals surface area contributed by atoms with Gasteiger partial charge in [-0.2, -0.15) is 0 Å². The second kappa shape index (κ2) is 6.44. The Bertz CT molecular complexity index is 259. The number of rotatable bonds is 6. The Hall–Kier alpha value is -1.30. The van der Waals surface area contributed by atoms with Crippen molar-refractivity contribution in [3.63, 3.8) is 0 Å². The zero-order valence-electron chi connectivity index (χ0n) is 9.69. The van der Waals surface area contributed by atoms with Crippen molar-refractivity contribution < 1.29 is 24.5 Å². The molecule has 17 heavy (non-hydrogen) atoms. The van der Waals surface area contributed by atoms with Gasteiger partial charge in [0.05, 0.1) is 13.2 Å². The number of carbonyl (C=O) groups excluding carboxylic acids is 2. The van der Waals surface area contributed by atoms with Crippen molar-refractivity contribution in [2.24, 2.45) is 0 Å². The van der Waals surface area contributed by atoms with Gasteiger partial charge in [-0.3, -0.25) is 0 Å². The van der Waals surface area contributed by atoms with E-state index in [0.717, 1.165) is 12.6 Å². The molecule has 0 bridgehead atoms. The number of carbonyl (C=O) groups is 2. The maximum Gasteiger partial charge on any atom is 0.154 e. The first kappa shape index (κ1) is 15.7. The summed E-state index contributed by atoms with van der Waals surface area (Å²) >= 11 is 0. The lowest BCUT2D eigenvalue weighted by atomic mass is 10.1. The van der Waals surface area contributed by atoms with Crippen LogP contribution in [-0.4, -0.2) is 42.5 Å². The van der Waals surface area contributed by atoms with Crippen molar-refractivity contribution >= 4 is 12.6 Å². The van der Waals surface area contributed by atoms with Crippen LogP contribution in [0.25, 0.3) is 0 Å².